The summed E-state index contributed by atoms with van der Waals surface area (Å²) < 4.78 is 5.47. The summed E-state index contributed by atoms with van der Waals surface area (Å²) in [5.74, 6) is 0.594. The Kier molecular flexibility index (Phi) is 5.02. The van der Waals surface area contributed by atoms with Gasteiger partial charge in [0.15, 0.2) is 11.5 Å². The molecule has 2 aromatic carbocycles. The zero-order valence-electron chi connectivity index (χ0n) is 17.2. The molecule has 0 spiro atoms. The molecule has 4 saturated heterocycles. The van der Waals surface area contributed by atoms with E-state index in [0.717, 1.165) is 56.5 Å². The maximum Gasteiger partial charge on any atom is 0.161 e. The van der Waals surface area contributed by atoms with Crippen molar-refractivity contribution in [1.82, 2.24) is 14.7 Å². The largest absolute Gasteiger partial charge is 0.504 e. The van der Waals surface area contributed by atoms with Crippen LogP contribution in [0.15, 0.2) is 58.7 Å². The van der Waals surface area contributed by atoms with Gasteiger partial charge in [0.1, 0.15) is 0 Å². The van der Waals surface area contributed by atoms with Crippen molar-refractivity contribution >= 4 is 11.9 Å². The van der Waals surface area contributed by atoms with Crippen molar-refractivity contribution in [1.29, 1.82) is 0 Å². The highest BCUT2D eigenvalue weighted by atomic mass is 16.5. The minimum Gasteiger partial charge on any atom is -0.504 e. The Bertz CT molecular complexity index is 938. The van der Waals surface area contributed by atoms with Crippen LogP contribution in [0.3, 0.4) is 0 Å². The molecule has 4 bridgehead atoms. The number of phenols is 1. The van der Waals surface area contributed by atoms with Crippen LogP contribution >= 0.6 is 0 Å². The molecule has 7 nitrogen and oxygen atoms in total. The molecule has 4 aliphatic heterocycles. The third-order valence-corrected chi connectivity index (χ3v) is 5.98. The number of aromatic hydroxyl groups is 1. The van der Waals surface area contributed by atoms with E-state index in [4.69, 9.17) is 9.84 Å². The lowest BCUT2D eigenvalue weighted by atomic mass is 9.74. The van der Waals surface area contributed by atoms with Crippen LogP contribution in [0, 0.1) is 5.41 Å². The van der Waals surface area contributed by atoms with E-state index in [1.807, 2.05) is 19.1 Å². The quantitative estimate of drug-likeness (QED) is 0.591. The second-order valence-electron chi connectivity index (χ2n) is 8.41. The van der Waals surface area contributed by atoms with Crippen LogP contribution in [-0.4, -0.2) is 78.0 Å². The summed E-state index contributed by atoms with van der Waals surface area (Å²) in [5, 5.41) is 19.2. The van der Waals surface area contributed by atoms with E-state index in [9.17, 15) is 5.11 Å². The molecule has 2 aromatic rings. The molecule has 0 aliphatic carbocycles. The first-order valence-electron chi connectivity index (χ1n) is 10.4. The van der Waals surface area contributed by atoms with Crippen LogP contribution in [0.1, 0.15) is 18.1 Å². The smallest absolute Gasteiger partial charge is 0.161 e. The first-order valence-corrected chi connectivity index (χ1v) is 10.4. The molecule has 1 N–H and O–H groups in total. The van der Waals surface area contributed by atoms with Crippen molar-refractivity contribution in [3.63, 3.8) is 0 Å². The van der Waals surface area contributed by atoms with Gasteiger partial charge < -0.3 is 9.84 Å². The summed E-state index contributed by atoms with van der Waals surface area (Å²) >= 11 is 0. The molecular formula is C23H27N5O2. The van der Waals surface area contributed by atoms with Gasteiger partial charge in [-0.3, -0.25) is 14.7 Å². The van der Waals surface area contributed by atoms with Crippen molar-refractivity contribution in [2.24, 2.45) is 15.6 Å². The van der Waals surface area contributed by atoms with E-state index in [0.29, 0.717) is 12.4 Å². The van der Waals surface area contributed by atoms with Crippen LogP contribution < -0.4 is 4.74 Å². The zero-order valence-corrected chi connectivity index (χ0v) is 17.2. The van der Waals surface area contributed by atoms with E-state index in [2.05, 4.69) is 44.1 Å². The van der Waals surface area contributed by atoms with Crippen molar-refractivity contribution in [3.05, 3.63) is 59.7 Å². The Morgan fingerprint density at radius 3 is 2.33 bits per heavy atom. The number of hydrogen-bond donors (Lipinski definition) is 1. The molecule has 7 heteroatoms. The van der Waals surface area contributed by atoms with Crippen molar-refractivity contribution in [3.8, 4) is 11.5 Å². The summed E-state index contributed by atoms with van der Waals surface area (Å²) in [6.07, 6.45) is 1.73. The summed E-state index contributed by atoms with van der Waals surface area (Å²) in [7, 11) is 0. The molecule has 4 heterocycles. The first-order chi connectivity index (χ1) is 14.6. The number of ether oxygens (including phenoxy) is 1. The highest BCUT2D eigenvalue weighted by Crippen LogP contribution is 2.38. The van der Waals surface area contributed by atoms with Crippen LogP contribution in [0.5, 0.6) is 11.5 Å². The third-order valence-electron chi connectivity index (χ3n) is 5.98. The highest BCUT2D eigenvalue weighted by Gasteiger charge is 2.51. The normalized spacial score (nSPS) is 30.2. The van der Waals surface area contributed by atoms with Gasteiger partial charge in [-0.2, -0.15) is 10.2 Å². The molecule has 0 radical (unpaired) electrons. The van der Waals surface area contributed by atoms with Gasteiger partial charge in [0.05, 0.1) is 44.0 Å². The maximum absolute atomic E-state index is 9.91. The van der Waals surface area contributed by atoms with Gasteiger partial charge >= 0.3 is 0 Å². The minimum atomic E-state index is -0.0428. The number of benzene rings is 2. The maximum atomic E-state index is 9.91. The third kappa shape index (κ3) is 3.60. The molecule has 4 aliphatic rings. The van der Waals surface area contributed by atoms with Gasteiger partial charge in [0.25, 0.3) is 0 Å². The van der Waals surface area contributed by atoms with E-state index < -0.39 is 0 Å². The van der Waals surface area contributed by atoms with E-state index >= 15 is 0 Å². The highest BCUT2D eigenvalue weighted by molar-refractivity contribution is 6.05. The second kappa shape index (κ2) is 7.83. The van der Waals surface area contributed by atoms with Gasteiger partial charge in [-0.25, -0.2) is 0 Å². The number of phenolic OH excluding ortho intramolecular Hbond substituents is 1. The SMILES string of the molecule is CCOc1cc(/C=N\N=C(/c2ccccc2)C23CN4CN(CN(C4)C2)C3)ccc1O. The summed E-state index contributed by atoms with van der Waals surface area (Å²) in [4.78, 5) is 7.48. The Hall–Kier alpha value is -2.74. The molecule has 0 atom stereocenters. The molecule has 30 heavy (non-hydrogen) atoms. The molecular weight excluding hydrogens is 378 g/mol. The Morgan fingerprint density at radius 1 is 1.03 bits per heavy atom. The standard InChI is InChI=1S/C23H27N5O2/c1-2-30-21-10-18(8-9-20(21)29)11-24-25-22(19-6-4-3-5-7-19)23-12-26-15-27(13-23)17-28(14-23)16-26/h3-11,29H,2,12-17H2,1H3/b24-11-,25-22+. The van der Waals surface area contributed by atoms with Gasteiger partial charge in [0.2, 0.25) is 0 Å². The topological polar surface area (TPSA) is 63.9 Å². The molecule has 4 fully saturated rings. The number of rotatable bonds is 6. The zero-order chi connectivity index (χ0) is 20.6. The average Bonchev–Trinajstić information content (AvgIpc) is 2.73. The predicted molar refractivity (Wildman–Crippen MR) is 117 cm³/mol. The van der Waals surface area contributed by atoms with Crippen molar-refractivity contribution < 1.29 is 9.84 Å². The molecule has 0 saturated carbocycles. The fraction of sp³-hybridized carbons (Fsp3) is 0.391. The lowest BCUT2D eigenvalue weighted by molar-refractivity contribution is -0.149. The van der Waals surface area contributed by atoms with Crippen LogP contribution in [0.2, 0.25) is 0 Å². The summed E-state index contributed by atoms with van der Waals surface area (Å²) in [6.45, 7) is 8.54. The Morgan fingerprint density at radius 2 is 1.70 bits per heavy atom. The molecule has 0 unspecified atom stereocenters. The Balaban J connectivity index is 1.48. The monoisotopic (exact) mass is 405 g/mol. The van der Waals surface area contributed by atoms with E-state index in [1.165, 1.54) is 0 Å². The number of nitrogens with zero attached hydrogens (tertiary/aromatic N) is 5. The Labute approximate surface area is 176 Å². The summed E-state index contributed by atoms with van der Waals surface area (Å²) in [5.41, 5.74) is 2.97. The van der Waals surface area contributed by atoms with Crippen molar-refractivity contribution in [2.75, 3.05) is 46.2 Å². The molecule has 0 aromatic heterocycles. The van der Waals surface area contributed by atoms with Crippen molar-refractivity contribution in [2.45, 2.75) is 6.92 Å². The fourth-order valence-corrected chi connectivity index (χ4v) is 5.04. The van der Waals surface area contributed by atoms with E-state index in [1.54, 1.807) is 18.3 Å². The van der Waals surface area contributed by atoms with Crippen LogP contribution in [0.25, 0.3) is 0 Å². The van der Waals surface area contributed by atoms with Gasteiger partial charge in [-0.15, -0.1) is 0 Å². The second-order valence-corrected chi connectivity index (χ2v) is 8.41. The lowest BCUT2D eigenvalue weighted by Gasteiger charge is -2.60. The average molecular weight is 406 g/mol. The molecule has 0 amide bonds. The lowest BCUT2D eigenvalue weighted by Crippen LogP contribution is -2.74. The minimum absolute atomic E-state index is 0.0428. The first kappa shape index (κ1) is 19.2. The van der Waals surface area contributed by atoms with E-state index in [-0.39, 0.29) is 11.2 Å². The molecule has 6 rings (SSSR count). The van der Waals surface area contributed by atoms with Gasteiger partial charge in [0, 0.05) is 19.6 Å². The van der Waals surface area contributed by atoms with Crippen LogP contribution in [0.4, 0.5) is 0 Å². The fourth-order valence-electron chi connectivity index (χ4n) is 5.04. The molecule has 156 valence electrons. The van der Waals surface area contributed by atoms with Gasteiger partial charge in [-0.05, 0) is 36.2 Å². The van der Waals surface area contributed by atoms with Gasteiger partial charge in [-0.1, -0.05) is 30.3 Å². The van der Waals surface area contributed by atoms with Crippen LogP contribution in [-0.2, 0) is 0 Å². The summed E-state index contributed by atoms with van der Waals surface area (Å²) in [6, 6.07) is 15.6. The number of hydrogen-bond acceptors (Lipinski definition) is 7. The predicted octanol–water partition coefficient (Wildman–Crippen LogP) is 2.42.